The number of rotatable bonds is 6. The van der Waals surface area contributed by atoms with Crippen molar-refractivity contribution < 1.29 is 9.90 Å². The average Bonchev–Trinajstić information content (AvgIpc) is 2.82. The van der Waals surface area contributed by atoms with Gasteiger partial charge in [-0.3, -0.25) is 4.79 Å². The maximum absolute atomic E-state index is 11.0. The number of aryl methyl sites for hydroxylation is 1. The van der Waals surface area contributed by atoms with E-state index >= 15 is 0 Å². The van der Waals surface area contributed by atoms with Crippen LogP contribution in [0.1, 0.15) is 30.8 Å². The lowest BCUT2D eigenvalue weighted by Crippen LogP contribution is -2.46. The second kappa shape index (κ2) is 7.04. The van der Waals surface area contributed by atoms with Gasteiger partial charge in [0.2, 0.25) is 0 Å². The number of carboxylic acids is 1. The van der Waals surface area contributed by atoms with E-state index < -0.39 is 5.97 Å². The summed E-state index contributed by atoms with van der Waals surface area (Å²) in [4.78, 5) is 21.3. The minimum Gasteiger partial charge on any atom is -0.481 e. The van der Waals surface area contributed by atoms with Crippen molar-refractivity contribution in [2.75, 3.05) is 37.6 Å². The second-order valence-corrected chi connectivity index (χ2v) is 6.17. The van der Waals surface area contributed by atoms with E-state index in [9.17, 15) is 4.79 Å². The largest absolute Gasteiger partial charge is 0.481 e. The summed E-state index contributed by atoms with van der Waals surface area (Å²) in [5, 5.41) is 10.0. The minimum absolute atomic E-state index is 0.0991. The highest BCUT2D eigenvalue weighted by Crippen LogP contribution is 2.28. The lowest BCUT2D eigenvalue weighted by Gasteiger charge is -2.33. The number of anilines is 1. The number of aromatic nitrogens is 1. The molecule has 1 saturated heterocycles. The molecule has 1 aliphatic heterocycles. The maximum atomic E-state index is 11.0. The molecule has 5 nitrogen and oxygen atoms in total. The van der Waals surface area contributed by atoms with E-state index in [1.807, 2.05) is 0 Å². The number of hydrogen-bond donors (Lipinski definition) is 1. The van der Waals surface area contributed by atoms with Gasteiger partial charge in [0.05, 0.1) is 12.1 Å². The van der Waals surface area contributed by atoms with Crippen LogP contribution in [-0.2, 0) is 17.6 Å². The van der Waals surface area contributed by atoms with Crippen molar-refractivity contribution in [1.82, 2.24) is 9.88 Å². The van der Waals surface area contributed by atoms with Crippen LogP contribution < -0.4 is 4.90 Å². The Morgan fingerprint density at radius 1 is 1.30 bits per heavy atom. The van der Waals surface area contributed by atoms with Crippen LogP contribution >= 0.6 is 11.3 Å². The van der Waals surface area contributed by atoms with Gasteiger partial charge in [-0.1, -0.05) is 20.3 Å². The Bertz CT molecular complexity index is 453. The van der Waals surface area contributed by atoms with E-state index in [-0.39, 0.29) is 6.42 Å². The highest BCUT2D eigenvalue weighted by Gasteiger charge is 2.21. The van der Waals surface area contributed by atoms with Crippen molar-refractivity contribution >= 4 is 22.4 Å². The van der Waals surface area contributed by atoms with Crippen LogP contribution in [0.5, 0.6) is 0 Å². The fourth-order valence-corrected chi connectivity index (χ4v) is 3.62. The molecule has 0 aliphatic carbocycles. The molecule has 0 saturated carbocycles. The van der Waals surface area contributed by atoms with Crippen molar-refractivity contribution in [2.24, 2.45) is 0 Å². The van der Waals surface area contributed by atoms with Crippen molar-refractivity contribution in [2.45, 2.75) is 33.1 Å². The van der Waals surface area contributed by atoms with Gasteiger partial charge in [-0.15, -0.1) is 11.3 Å². The van der Waals surface area contributed by atoms with E-state index in [2.05, 4.69) is 23.6 Å². The number of hydrogen-bond acceptors (Lipinski definition) is 5. The monoisotopic (exact) mass is 297 g/mol. The third-order valence-electron chi connectivity index (χ3n) is 3.66. The van der Waals surface area contributed by atoms with Crippen LogP contribution in [-0.4, -0.2) is 53.7 Å². The third-order valence-corrected chi connectivity index (χ3v) is 4.81. The molecule has 0 bridgehead atoms. The average molecular weight is 297 g/mol. The third kappa shape index (κ3) is 3.70. The number of piperazine rings is 1. The van der Waals surface area contributed by atoms with E-state index in [1.54, 1.807) is 11.3 Å². The molecule has 1 aromatic heterocycles. The number of nitrogens with zero attached hydrogens (tertiary/aromatic N) is 3. The zero-order chi connectivity index (χ0) is 14.5. The molecule has 1 fully saturated rings. The van der Waals surface area contributed by atoms with Crippen molar-refractivity contribution in [3.05, 3.63) is 10.6 Å². The van der Waals surface area contributed by atoms with Crippen LogP contribution in [0.4, 0.5) is 5.13 Å². The first-order valence-electron chi connectivity index (χ1n) is 7.31. The minimum atomic E-state index is -0.770. The van der Waals surface area contributed by atoms with Gasteiger partial charge in [-0.05, 0) is 13.0 Å². The van der Waals surface area contributed by atoms with Crippen molar-refractivity contribution in [3.8, 4) is 0 Å². The maximum Gasteiger partial charge on any atom is 0.308 e. The predicted molar refractivity (Wildman–Crippen MR) is 81.8 cm³/mol. The lowest BCUT2D eigenvalue weighted by molar-refractivity contribution is -0.136. The molecule has 112 valence electrons. The zero-order valence-corrected chi connectivity index (χ0v) is 13.1. The highest BCUT2D eigenvalue weighted by atomic mass is 32.1. The van der Waals surface area contributed by atoms with Gasteiger partial charge in [0, 0.05) is 31.1 Å². The topological polar surface area (TPSA) is 56.7 Å². The van der Waals surface area contributed by atoms with E-state index in [0.717, 1.165) is 61.3 Å². The molecule has 2 heterocycles. The SMILES string of the molecule is CCCc1nc(N2CCN(CC)CC2)sc1CC(=O)O. The predicted octanol–water partition coefficient (Wildman–Crippen LogP) is 1.86. The Hall–Kier alpha value is -1.14. The van der Waals surface area contributed by atoms with Crippen LogP contribution in [0.2, 0.25) is 0 Å². The smallest absolute Gasteiger partial charge is 0.308 e. The molecule has 0 amide bonds. The highest BCUT2D eigenvalue weighted by molar-refractivity contribution is 7.15. The standard InChI is InChI=1S/C14H23N3O2S/c1-3-5-11-12(10-13(18)19)20-14(15-11)17-8-6-16(4-2)7-9-17/h3-10H2,1-2H3,(H,18,19). The van der Waals surface area contributed by atoms with Gasteiger partial charge < -0.3 is 14.9 Å². The summed E-state index contributed by atoms with van der Waals surface area (Å²) in [5.74, 6) is -0.770. The van der Waals surface area contributed by atoms with Crippen LogP contribution in [0.25, 0.3) is 0 Å². The Labute approximate surface area is 124 Å². The first-order valence-corrected chi connectivity index (χ1v) is 8.13. The summed E-state index contributed by atoms with van der Waals surface area (Å²) in [7, 11) is 0. The van der Waals surface area contributed by atoms with Crippen LogP contribution in [0, 0.1) is 0 Å². The first kappa shape index (κ1) is 15.3. The Morgan fingerprint density at radius 2 is 2.00 bits per heavy atom. The molecule has 0 aromatic carbocycles. The lowest BCUT2D eigenvalue weighted by atomic mass is 10.2. The molecule has 1 aromatic rings. The fraction of sp³-hybridized carbons (Fsp3) is 0.714. The Morgan fingerprint density at radius 3 is 2.55 bits per heavy atom. The summed E-state index contributed by atoms with van der Waals surface area (Å²) in [5.41, 5.74) is 0.979. The summed E-state index contributed by atoms with van der Waals surface area (Å²) < 4.78 is 0. The molecule has 1 N–H and O–H groups in total. The van der Waals surface area contributed by atoms with Gasteiger partial charge in [-0.25, -0.2) is 4.98 Å². The molecule has 6 heteroatoms. The molecule has 0 unspecified atom stereocenters. The molecular formula is C14H23N3O2S. The zero-order valence-electron chi connectivity index (χ0n) is 12.3. The number of thiazole rings is 1. The number of aliphatic carboxylic acids is 1. The van der Waals surface area contributed by atoms with E-state index in [4.69, 9.17) is 10.1 Å². The van der Waals surface area contributed by atoms with Gasteiger partial charge in [0.15, 0.2) is 5.13 Å². The van der Waals surface area contributed by atoms with Gasteiger partial charge in [0.25, 0.3) is 0 Å². The Kier molecular flexibility index (Phi) is 5.37. The normalized spacial score (nSPS) is 16.6. The number of carbonyl (C=O) groups is 1. The molecule has 2 rings (SSSR count). The van der Waals surface area contributed by atoms with Crippen LogP contribution in [0.15, 0.2) is 0 Å². The van der Waals surface area contributed by atoms with Gasteiger partial charge in [0.1, 0.15) is 0 Å². The van der Waals surface area contributed by atoms with E-state index in [1.165, 1.54) is 0 Å². The van der Waals surface area contributed by atoms with Gasteiger partial charge >= 0.3 is 5.97 Å². The van der Waals surface area contributed by atoms with Crippen molar-refractivity contribution in [1.29, 1.82) is 0 Å². The van der Waals surface area contributed by atoms with Crippen molar-refractivity contribution in [3.63, 3.8) is 0 Å². The van der Waals surface area contributed by atoms with Gasteiger partial charge in [-0.2, -0.15) is 0 Å². The molecule has 1 aliphatic rings. The summed E-state index contributed by atoms with van der Waals surface area (Å²) in [6, 6.07) is 0. The van der Waals surface area contributed by atoms with E-state index in [0.29, 0.717) is 0 Å². The van der Waals surface area contributed by atoms with Crippen LogP contribution in [0.3, 0.4) is 0 Å². The molecular weight excluding hydrogens is 274 g/mol. The quantitative estimate of drug-likeness (QED) is 0.868. The summed E-state index contributed by atoms with van der Waals surface area (Å²) >= 11 is 1.56. The second-order valence-electron chi connectivity index (χ2n) is 5.11. The Balaban J connectivity index is 2.10. The molecule has 20 heavy (non-hydrogen) atoms. The number of carboxylic acid groups (broad SMARTS) is 1. The molecule has 0 spiro atoms. The summed E-state index contributed by atoms with van der Waals surface area (Å²) in [6.07, 6.45) is 1.97. The number of likely N-dealkylation sites (N-methyl/N-ethyl adjacent to an activating group) is 1. The fourth-order valence-electron chi connectivity index (χ4n) is 2.47. The molecule has 0 radical (unpaired) electrons. The summed E-state index contributed by atoms with van der Waals surface area (Å²) in [6.45, 7) is 9.48. The first-order chi connectivity index (χ1) is 9.63. The molecule has 0 atom stereocenters.